The van der Waals surface area contributed by atoms with Gasteiger partial charge in [-0.15, -0.1) is 0 Å². The van der Waals surface area contributed by atoms with Gasteiger partial charge in [0.2, 0.25) is 0 Å². The zero-order valence-corrected chi connectivity index (χ0v) is 16.5. The maximum absolute atomic E-state index is 10.4. The third kappa shape index (κ3) is 3.76. The Morgan fingerprint density at radius 2 is 2.11 bits per heavy atom. The lowest BCUT2D eigenvalue weighted by atomic mass is 9.90. The van der Waals surface area contributed by atoms with Crippen LogP contribution >= 0.6 is 0 Å². The van der Waals surface area contributed by atoms with Gasteiger partial charge in [-0.3, -0.25) is 10.00 Å². The number of likely N-dealkylation sites (tertiary alicyclic amines) is 1. The van der Waals surface area contributed by atoms with Crippen molar-refractivity contribution in [1.82, 2.24) is 15.1 Å². The first-order valence-corrected chi connectivity index (χ1v) is 9.83. The number of para-hydroxylation sites is 1. The van der Waals surface area contributed by atoms with E-state index in [4.69, 9.17) is 4.74 Å². The Kier molecular flexibility index (Phi) is 5.35. The fourth-order valence-electron chi connectivity index (χ4n) is 4.19. The number of benzene rings is 2. The molecule has 0 spiro atoms. The average molecular weight is 377 g/mol. The summed E-state index contributed by atoms with van der Waals surface area (Å²) in [6.07, 6.45) is 4.21. The smallest absolute Gasteiger partial charge is 0.162 e. The van der Waals surface area contributed by atoms with E-state index in [2.05, 4.69) is 46.3 Å². The summed E-state index contributed by atoms with van der Waals surface area (Å²) in [5.74, 6) is 1.18. The normalized spacial score (nSPS) is 17.6. The van der Waals surface area contributed by atoms with Crippen LogP contribution in [-0.4, -0.2) is 40.4 Å². The van der Waals surface area contributed by atoms with Crippen LogP contribution in [0.15, 0.2) is 48.7 Å². The van der Waals surface area contributed by atoms with Crippen LogP contribution in [0.5, 0.6) is 11.5 Å². The molecular formula is C23H27N3O2. The summed E-state index contributed by atoms with van der Waals surface area (Å²) in [6.45, 7) is 4.80. The van der Waals surface area contributed by atoms with Gasteiger partial charge in [-0.1, -0.05) is 42.0 Å². The van der Waals surface area contributed by atoms with E-state index < -0.39 is 0 Å². The van der Waals surface area contributed by atoms with E-state index in [1.54, 1.807) is 13.2 Å². The van der Waals surface area contributed by atoms with Crippen molar-refractivity contribution in [3.63, 3.8) is 0 Å². The van der Waals surface area contributed by atoms with Gasteiger partial charge < -0.3 is 9.84 Å². The Morgan fingerprint density at radius 1 is 1.25 bits per heavy atom. The van der Waals surface area contributed by atoms with E-state index in [0.717, 1.165) is 31.5 Å². The quantitative estimate of drug-likeness (QED) is 0.688. The van der Waals surface area contributed by atoms with Crippen LogP contribution in [-0.2, 0) is 6.54 Å². The number of methoxy groups -OCH3 is 1. The summed E-state index contributed by atoms with van der Waals surface area (Å²) in [7, 11) is 1.58. The summed E-state index contributed by atoms with van der Waals surface area (Å²) >= 11 is 0. The molecule has 5 nitrogen and oxygen atoms in total. The molecule has 2 aromatic carbocycles. The number of nitrogens with zero attached hydrogens (tertiary/aromatic N) is 2. The van der Waals surface area contributed by atoms with E-state index in [9.17, 15) is 5.11 Å². The van der Waals surface area contributed by atoms with Gasteiger partial charge in [0.15, 0.2) is 11.5 Å². The molecule has 0 amide bonds. The molecule has 1 fully saturated rings. The molecule has 5 heteroatoms. The Morgan fingerprint density at radius 3 is 2.93 bits per heavy atom. The third-order valence-electron chi connectivity index (χ3n) is 5.61. The van der Waals surface area contributed by atoms with Gasteiger partial charge in [0.05, 0.1) is 13.3 Å². The Balaban J connectivity index is 1.53. The number of phenolic OH excluding ortho intramolecular Hbond substituents is 1. The molecule has 0 bridgehead atoms. The van der Waals surface area contributed by atoms with Crippen LogP contribution in [0.25, 0.3) is 11.1 Å². The highest BCUT2D eigenvalue weighted by atomic mass is 16.5. The van der Waals surface area contributed by atoms with Crippen LogP contribution in [0.2, 0.25) is 0 Å². The minimum absolute atomic E-state index is 0.245. The van der Waals surface area contributed by atoms with E-state index in [0.29, 0.717) is 18.2 Å². The van der Waals surface area contributed by atoms with E-state index >= 15 is 0 Å². The Labute approximate surface area is 166 Å². The van der Waals surface area contributed by atoms with Gasteiger partial charge >= 0.3 is 0 Å². The standard InChI is InChI=1S/C23H27N3O2/c1-16-6-3-7-17(12-16)20-13-24-25-22(20)18-9-5-11-26(14-18)15-19-8-4-10-21(28-2)23(19)27/h3-4,6-8,10,12-13,18,27H,5,9,11,14-15H2,1-2H3,(H,24,25)/t18-/m1/s1. The molecule has 146 valence electrons. The van der Waals surface area contributed by atoms with Crippen LogP contribution in [0.4, 0.5) is 0 Å². The number of hydrogen-bond acceptors (Lipinski definition) is 4. The van der Waals surface area contributed by atoms with Crippen molar-refractivity contribution in [2.24, 2.45) is 0 Å². The predicted octanol–water partition coefficient (Wildman–Crippen LogP) is 4.48. The Bertz CT molecular complexity index is 951. The Hall–Kier alpha value is -2.79. The summed E-state index contributed by atoms with van der Waals surface area (Å²) in [5.41, 5.74) is 5.78. The van der Waals surface area contributed by atoms with Gasteiger partial charge in [0.1, 0.15) is 0 Å². The number of aromatic hydroxyl groups is 1. The van der Waals surface area contributed by atoms with Gasteiger partial charge in [-0.05, 0) is 37.9 Å². The molecule has 0 saturated carbocycles. The number of ether oxygens (including phenoxy) is 1. The van der Waals surface area contributed by atoms with Crippen molar-refractivity contribution in [2.75, 3.05) is 20.2 Å². The highest BCUT2D eigenvalue weighted by molar-refractivity contribution is 5.66. The van der Waals surface area contributed by atoms with Crippen LogP contribution < -0.4 is 4.74 Å². The topological polar surface area (TPSA) is 61.4 Å². The molecule has 1 atom stereocenters. The number of nitrogens with one attached hydrogen (secondary N) is 1. The van der Waals surface area contributed by atoms with Crippen molar-refractivity contribution in [1.29, 1.82) is 0 Å². The lowest BCUT2D eigenvalue weighted by Gasteiger charge is -2.33. The molecule has 0 unspecified atom stereocenters. The minimum Gasteiger partial charge on any atom is -0.504 e. The number of H-pyrrole nitrogens is 1. The molecule has 1 aliphatic rings. The summed E-state index contributed by atoms with van der Waals surface area (Å²) < 4.78 is 5.25. The summed E-state index contributed by atoms with van der Waals surface area (Å²) in [4.78, 5) is 2.41. The van der Waals surface area contributed by atoms with E-state index in [1.807, 2.05) is 18.3 Å². The second-order valence-corrected chi connectivity index (χ2v) is 7.61. The zero-order chi connectivity index (χ0) is 19.5. The number of aromatic nitrogens is 2. The van der Waals surface area contributed by atoms with Crippen LogP contribution in [0.1, 0.15) is 35.6 Å². The fourth-order valence-corrected chi connectivity index (χ4v) is 4.19. The highest BCUT2D eigenvalue weighted by Gasteiger charge is 2.26. The summed E-state index contributed by atoms with van der Waals surface area (Å²) in [6, 6.07) is 14.3. The predicted molar refractivity (Wildman–Crippen MR) is 111 cm³/mol. The lowest BCUT2D eigenvalue weighted by Crippen LogP contribution is -2.34. The zero-order valence-electron chi connectivity index (χ0n) is 16.5. The number of aromatic amines is 1. The van der Waals surface area contributed by atoms with Gasteiger partial charge in [-0.2, -0.15) is 5.10 Å². The maximum Gasteiger partial charge on any atom is 0.162 e. The molecule has 2 N–H and O–H groups in total. The second-order valence-electron chi connectivity index (χ2n) is 7.61. The van der Waals surface area contributed by atoms with E-state index in [-0.39, 0.29) is 5.75 Å². The molecule has 0 radical (unpaired) electrons. The van der Waals surface area contributed by atoms with Crippen molar-refractivity contribution in [3.05, 3.63) is 65.5 Å². The summed E-state index contributed by atoms with van der Waals surface area (Å²) in [5, 5.41) is 18.0. The monoisotopic (exact) mass is 377 g/mol. The number of rotatable bonds is 5. The average Bonchev–Trinajstić information content (AvgIpc) is 3.20. The first-order chi connectivity index (χ1) is 13.7. The second kappa shape index (κ2) is 8.07. The minimum atomic E-state index is 0.245. The van der Waals surface area contributed by atoms with Gasteiger partial charge in [0.25, 0.3) is 0 Å². The van der Waals surface area contributed by atoms with Crippen LogP contribution in [0.3, 0.4) is 0 Å². The third-order valence-corrected chi connectivity index (χ3v) is 5.61. The lowest BCUT2D eigenvalue weighted by molar-refractivity contribution is 0.196. The largest absolute Gasteiger partial charge is 0.504 e. The van der Waals surface area contributed by atoms with Crippen molar-refractivity contribution < 1.29 is 9.84 Å². The number of phenols is 1. The SMILES string of the molecule is COc1cccc(CN2CCC[C@@H](c3[nH]ncc3-c3cccc(C)c3)C2)c1O. The molecule has 2 heterocycles. The van der Waals surface area contributed by atoms with E-state index in [1.165, 1.54) is 22.4 Å². The number of piperidine rings is 1. The molecule has 1 aromatic heterocycles. The van der Waals surface area contributed by atoms with Crippen LogP contribution in [0, 0.1) is 6.92 Å². The molecule has 28 heavy (non-hydrogen) atoms. The van der Waals surface area contributed by atoms with Gasteiger partial charge in [-0.25, -0.2) is 0 Å². The molecule has 3 aromatic rings. The molecular weight excluding hydrogens is 350 g/mol. The number of aryl methyl sites for hydroxylation is 1. The molecule has 1 aliphatic heterocycles. The maximum atomic E-state index is 10.4. The first kappa shape index (κ1) is 18.6. The highest BCUT2D eigenvalue weighted by Crippen LogP contribution is 2.35. The molecule has 0 aliphatic carbocycles. The number of hydrogen-bond donors (Lipinski definition) is 2. The van der Waals surface area contributed by atoms with Gasteiger partial charge in [0, 0.05) is 35.8 Å². The molecule has 1 saturated heterocycles. The van der Waals surface area contributed by atoms with Crippen molar-refractivity contribution in [2.45, 2.75) is 32.2 Å². The van der Waals surface area contributed by atoms with Crippen molar-refractivity contribution >= 4 is 0 Å². The molecule has 4 rings (SSSR count). The first-order valence-electron chi connectivity index (χ1n) is 9.83. The van der Waals surface area contributed by atoms with Crippen molar-refractivity contribution in [3.8, 4) is 22.6 Å². The fraction of sp³-hybridized carbons (Fsp3) is 0.348.